The van der Waals surface area contributed by atoms with E-state index in [1.54, 1.807) is 30.3 Å². The highest BCUT2D eigenvalue weighted by Gasteiger charge is 2.43. The maximum Gasteiger partial charge on any atom is 0.414 e. The summed E-state index contributed by atoms with van der Waals surface area (Å²) in [7, 11) is 0. The molecule has 1 N–H and O–H groups in total. The number of nitriles is 1. The normalized spacial score (nSPS) is 16.9. The van der Waals surface area contributed by atoms with E-state index in [4.69, 9.17) is 10.4 Å². The van der Waals surface area contributed by atoms with E-state index in [0.29, 0.717) is 5.56 Å². The number of benzene rings is 1. The Morgan fingerprint density at radius 1 is 1.29 bits per heavy atom. The minimum absolute atomic E-state index is 0.464. The number of rotatable bonds is 3. The van der Waals surface area contributed by atoms with E-state index >= 15 is 0 Å². The average molecular weight is 243 g/mol. The molecule has 0 spiro atoms. The second-order valence-electron chi connectivity index (χ2n) is 4.07. The van der Waals surface area contributed by atoms with Crippen molar-refractivity contribution >= 4 is 0 Å². The third kappa shape index (κ3) is 3.21. The molecule has 92 valence electrons. The largest absolute Gasteiger partial charge is 0.414 e. The van der Waals surface area contributed by atoms with Crippen molar-refractivity contribution in [3.63, 3.8) is 0 Å². The van der Waals surface area contributed by atoms with Gasteiger partial charge in [0.2, 0.25) is 0 Å². The second kappa shape index (κ2) is 4.76. The molecule has 0 amide bonds. The molecule has 2 nitrogen and oxygen atoms in total. The Balaban J connectivity index is 2.96. The van der Waals surface area contributed by atoms with Crippen LogP contribution >= 0.6 is 0 Å². The number of nitrogens with zero attached hydrogens (tertiary/aromatic N) is 1. The van der Waals surface area contributed by atoms with E-state index < -0.39 is 24.1 Å². The zero-order chi connectivity index (χ0) is 13.1. The molecule has 17 heavy (non-hydrogen) atoms. The molecule has 0 heterocycles. The third-order valence-electron chi connectivity index (χ3n) is 2.64. The van der Waals surface area contributed by atoms with Crippen molar-refractivity contribution in [2.24, 2.45) is 0 Å². The standard InChI is InChI=1S/C12H12F3NO/c1-11(8-16,7-10(17)12(13,14)15)9-5-3-2-4-6-9/h2-6,10,17H,7H2,1H3. The Bertz CT molecular complexity index is 410. The predicted octanol–water partition coefficient (Wildman–Crippen LogP) is 2.78. The van der Waals surface area contributed by atoms with Crippen LogP contribution in [-0.2, 0) is 5.41 Å². The Morgan fingerprint density at radius 2 is 1.82 bits per heavy atom. The van der Waals surface area contributed by atoms with E-state index in [2.05, 4.69) is 0 Å². The van der Waals surface area contributed by atoms with Crippen LogP contribution in [0, 0.1) is 11.3 Å². The van der Waals surface area contributed by atoms with Gasteiger partial charge in [0, 0.05) is 6.42 Å². The number of aliphatic hydroxyl groups excluding tert-OH is 1. The maximum absolute atomic E-state index is 12.3. The van der Waals surface area contributed by atoms with Crippen LogP contribution < -0.4 is 0 Å². The van der Waals surface area contributed by atoms with Crippen LogP contribution in [0.4, 0.5) is 13.2 Å². The molecule has 0 aliphatic carbocycles. The molecule has 0 aliphatic heterocycles. The first kappa shape index (κ1) is 13.5. The topological polar surface area (TPSA) is 44.0 Å². The van der Waals surface area contributed by atoms with Gasteiger partial charge in [-0.1, -0.05) is 30.3 Å². The van der Waals surface area contributed by atoms with Crippen LogP contribution in [0.2, 0.25) is 0 Å². The highest BCUT2D eigenvalue weighted by atomic mass is 19.4. The molecular weight excluding hydrogens is 231 g/mol. The minimum atomic E-state index is -4.70. The number of halogens is 3. The fraction of sp³-hybridized carbons (Fsp3) is 0.417. The highest BCUT2D eigenvalue weighted by molar-refractivity contribution is 5.31. The van der Waals surface area contributed by atoms with Crippen LogP contribution in [-0.4, -0.2) is 17.4 Å². The second-order valence-corrected chi connectivity index (χ2v) is 4.07. The SMILES string of the molecule is CC(C#N)(CC(O)C(F)(F)F)c1ccccc1. The third-order valence-corrected chi connectivity index (χ3v) is 2.64. The average Bonchev–Trinajstić information content (AvgIpc) is 2.28. The predicted molar refractivity (Wildman–Crippen MR) is 56.1 cm³/mol. The lowest BCUT2D eigenvalue weighted by Crippen LogP contribution is -2.36. The Morgan fingerprint density at radius 3 is 2.24 bits per heavy atom. The zero-order valence-electron chi connectivity index (χ0n) is 9.20. The lowest BCUT2D eigenvalue weighted by Gasteiger charge is -2.26. The number of aliphatic hydroxyl groups is 1. The first-order chi connectivity index (χ1) is 7.79. The van der Waals surface area contributed by atoms with Gasteiger partial charge in [-0.05, 0) is 12.5 Å². The van der Waals surface area contributed by atoms with E-state index in [1.165, 1.54) is 6.92 Å². The summed E-state index contributed by atoms with van der Waals surface area (Å²) >= 11 is 0. The fourth-order valence-corrected chi connectivity index (χ4v) is 1.54. The van der Waals surface area contributed by atoms with Gasteiger partial charge in [-0.15, -0.1) is 0 Å². The van der Waals surface area contributed by atoms with Crippen molar-refractivity contribution in [1.82, 2.24) is 0 Å². The Labute approximate surface area is 97.3 Å². The minimum Gasteiger partial charge on any atom is -0.384 e. The molecule has 2 atom stereocenters. The van der Waals surface area contributed by atoms with Crippen LogP contribution in [0.15, 0.2) is 30.3 Å². The summed E-state index contributed by atoms with van der Waals surface area (Å²) in [6, 6.07) is 9.99. The summed E-state index contributed by atoms with van der Waals surface area (Å²) in [6.45, 7) is 1.39. The summed E-state index contributed by atoms with van der Waals surface area (Å²) < 4.78 is 36.8. The number of alkyl halides is 3. The van der Waals surface area contributed by atoms with Gasteiger partial charge in [-0.25, -0.2) is 0 Å². The molecule has 1 aromatic carbocycles. The van der Waals surface area contributed by atoms with Gasteiger partial charge < -0.3 is 5.11 Å². The lowest BCUT2D eigenvalue weighted by molar-refractivity contribution is -0.208. The van der Waals surface area contributed by atoms with E-state index in [0.717, 1.165) is 0 Å². The molecule has 5 heteroatoms. The Kier molecular flexibility index (Phi) is 3.79. The summed E-state index contributed by atoms with van der Waals surface area (Å²) in [5.41, 5.74) is -0.887. The molecule has 1 aromatic rings. The number of hydrogen-bond acceptors (Lipinski definition) is 2. The summed E-state index contributed by atoms with van der Waals surface area (Å²) in [5, 5.41) is 18.1. The highest BCUT2D eigenvalue weighted by Crippen LogP contribution is 2.33. The summed E-state index contributed by atoms with van der Waals surface area (Å²) in [5.74, 6) is 0. The smallest absolute Gasteiger partial charge is 0.384 e. The van der Waals surface area contributed by atoms with Crippen LogP contribution in [0.5, 0.6) is 0 Å². The van der Waals surface area contributed by atoms with Gasteiger partial charge in [-0.2, -0.15) is 18.4 Å². The van der Waals surface area contributed by atoms with Crippen molar-refractivity contribution in [3.05, 3.63) is 35.9 Å². The molecule has 0 fully saturated rings. The molecule has 0 aromatic heterocycles. The lowest BCUT2D eigenvalue weighted by atomic mass is 9.79. The van der Waals surface area contributed by atoms with Crippen molar-refractivity contribution in [2.45, 2.75) is 31.0 Å². The van der Waals surface area contributed by atoms with Gasteiger partial charge in [0.15, 0.2) is 6.10 Å². The fourth-order valence-electron chi connectivity index (χ4n) is 1.54. The molecule has 0 saturated carbocycles. The van der Waals surface area contributed by atoms with E-state index in [1.807, 2.05) is 6.07 Å². The molecule has 0 radical (unpaired) electrons. The van der Waals surface area contributed by atoms with Gasteiger partial charge in [0.25, 0.3) is 0 Å². The van der Waals surface area contributed by atoms with Crippen molar-refractivity contribution in [2.75, 3.05) is 0 Å². The van der Waals surface area contributed by atoms with Gasteiger partial charge >= 0.3 is 6.18 Å². The Hall–Kier alpha value is -1.54. The zero-order valence-corrected chi connectivity index (χ0v) is 9.20. The molecular formula is C12H12F3NO. The molecule has 2 unspecified atom stereocenters. The van der Waals surface area contributed by atoms with E-state index in [9.17, 15) is 13.2 Å². The number of hydrogen-bond donors (Lipinski definition) is 1. The molecule has 1 rings (SSSR count). The van der Waals surface area contributed by atoms with Crippen LogP contribution in [0.25, 0.3) is 0 Å². The van der Waals surface area contributed by atoms with Crippen LogP contribution in [0.3, 0.4) is 0 Å². The van der Waals surface area contributed by atoms with Gasteiger partial charge in [-0.3, -0.25) is 0 Å². The van der Waals surface area contributed by atoms with Crippen molar-refractivity contribution in [1.29, 1.82) is 5.26 Å². The molecule has 0 saturated heterocycles. The quantitative estimate of drug-likeness (QED) is 0.887. The van der Waals surface area contributed by atoms with Crippen molar-refractivity contribution in [3.8, 4) is 6.07 Å². The van der Waals surface area contributed by atoms with Crippen LogP contribution in [0.1, 0.15) is 18.9 Å². The summed E-state index contributed by atoms with van der Waals surface area (Å²) in [6.07, 6.45) is -7.86. The maximum atomic E-state index is 12.3. The van der Waals surface area contributed by atoms with Gasteiger partial charge in [0.05, 0.1) is 11.5 Å². The molecule has 0 aliphatic rings. The first-order valence-electron chi connectivity index (χ1n) is 5.01. The van der Waals surface area contributed by atoms with Gasteiger partial charge in [0.1, 0.15) is 0 Å². The molecule has 0 bridgehead atoms. The monoisotopic (exact) mass is 243 g/mol. The van der Waals surface area contributed by atoms with Crippen molar-refractivity contribution < 1.29 is 18.3 Å². The van der Waals surface area contributed by atoms with E-state index in [-0.39, 0.29) is 0 Å². The first-order valence-corrected chi connectivity index (χ1v) is 5.01. The summed E-state index contributed by atoms with van der Waals surface area (Å²) in [4.78, 5) is 0.